The summed E-state index contributed by atoms with van der Waals surface area (Å²) in [6, 6.07) is 4.15. The van der Waals surface area contributed by atoms with Gasteiger partial charge in [0.25, 0.3) is 5.56 Å². The van der Waals surface area contributed by atoms with Crippen LogP contribution in [0.15, 0.2) is 32.7 Å². The average Bonchev–Trinajstić information content (AvgIpc) is 3.09. The third-order valence-electron chi connectivity index (χ3n) is 5.60. The Labute approximate surface area is 168 Å². The second kappa shape index (κ2) is 7.67. The zero-order chi connectivity index (χ0) is 20.8. The Morgan fingerprint density at radius 3 is 2.59 bits per heavy atom. The number of morpholine rings is 1. The number of nitrogens with one attached hydrogen (secondary N) is 2. The van der Waals surface area contributed by atoms with E-state index >= 15 is 0 Å². The Bertz CT molecular complexity index is 1120. The summed E-state index contributed by atoms with van der Waals surface area (Å²) < 4.78 is 34.0. The number of rotatable bonds is 4. The van der Waals surface area contributed by atoms with Gasteiger partial charge in [-0.15, -0.1) is 0 Å². The zero-order valence-electron chi connectivity index (χ0n) is 16.6. The maximum Gasteiger partial charge on any atom is 0.326 e. The second-order valence-corrected chi connectivity index (χ2v) is 9.89. The second-order valence-electron chi connectivity index (χ2n) is 8.00. The van der Waals surface area contributed by atoms with Gasteiger partial charge in [-0.3, -0.25) is 14.7 Å². The van der Waals surface area contributed by atoms with Crippen molar-refractivity contribution < 1.29 is 13.2 Å². The molecule has 0 radical (unpaired) electrons. The molecule has 2 N–H and O–H groups in total. The number of sulfonamides is 1. The number of benzene rings is 1. The molecular weight excluding hydrogens is 396 g/mol. The first kappa shape index (κ1) is 20.3. The molecule has 1 aromatic heterocycles. The first-order valence-electron chi connectivity index (χ1n) is 9.90. The largest absolute Gasteiger partial charge is 0.373 e. The first-order chi connectivity index (χ1) is 13.7. The maximum atomic E-state index is 13.3. The maximum absolute atomic E-state index is 13.3. The van der Waals surface area contributed by atoms with Gasteiger partial charge in [-0.1, -0.05) is 0 Å². The number of H-pyrrole nitrogens is 2. The van der Waals surface area contributed by atoms with E-state index in [0.29, 0.717) is 18.6 Å². The molecule has 0 spiro atoms. The molecule has 29 heavy (non-hydrogen) atoms. The van der Waals surface area contributed by atoms with Crippen LogP contribution in [0.25, 0.3) is 10.9 Å². The van der Waals surface area contributed by atoms with Gasteiger partial charge in [-0.05, 0) is 44.9 Å². The van der Waals surface area contributed by atoms with Gasteiger partial charge >= 0.3 is 5.69 Å². The zero-order valence-corrected chi connectivity index (χ0v) is 17.4. The van der Waals surface area contributed by atoms with Crippen LogP contribution in [0, 0.1) is 0 Å². The standard InChI is InChI=1S/C19H26N4O5S/c1-12-9-22(10-13(2)28-12)11-14-4-3-7-23(14)29(26,27)15-5-6-17-16(8-15)18(24)21-19(25)20-17/h5-6,8,12-14H,3-4,7,9-11H2,1-2H3,(H2,20,21,24,25). The molecule has 2 saturated heterocycles. The van der Waals surface area contributed by atoms with Crippen LogP contribution in [-0.2, 0) is 14.8 Å². The van der Waals surface area contributed by atoms with Crippen LogP contribution in [0.4, 0.5) is 0 Å². The third kappa shape index (κ3) is 4.02. The Morgan fingerprint density at radius 2 is 1.86 bits per heavy atom. The molecule has 9 nitrogen and oxygen atoms in total. The van der Waals surface area contributed by atoms with E-state index in [1.54, 1.807) is 4.31 Å². The van der Waals surface area contributed by atoms with Crippen LogP contribution in [-0.4, -0.2) is 72.0 Å². The molecule has 158 valence electrons. The van der Waals surface area contributed by atoms with E-state index in [9.17, 15) is 18.0 Å². The minimum Gasteiger partial charge on any atom is -0.373 e. The topological polar surface area (TPSA) is 116 Å². The Morgan fingerprint density at radius 1 is 1.14 bits per heavy atom. The molecular formula is C19H26N4O5S. The van der Waals surface area contributed by atoms with Crippen LogP contribution in [0.5, 0.6) is 0 Å². The van der Waals surface area contributed by atoms with Gasteiger partial charge in [-0.25, -0.2) is 13.2 Å². The fraction of sp³-hybridized carbons (Fsp3) is 0.579. The van der Waals surface area contributed by atoms with Crippen molar-refractivity contribution in [3.8, 4) is 0 Å². The molecule has 3 unspecified atom stereocenters. The van der Waals surface area contributed by atoms with Crippen molar-refractivity contribution in [2.75, 3.05) is 26.2 Å². The summed E-state index contributed by atoms with van der Waals surface area (Å²) in [7, 11) is -3.75. The summed E-state index contributed by atoms with van der Waals surface area (Å²) >= 11 is 0. The number of hydrogen-bond acceptors (Lipinski definition) is 6. The molecule has 2 aliphatic heterocycles. The summed E-state index contributed by atoms with van der Waals surface area (Å²) in [5, 5.41) is 0.150. The lowest BCUT2D eigenvalue weighted by molar-refractivity contribution is -0.0707. The van der Waals surface area contributed by atoms with E-state index in [-0.39, 0.29) is 28.5 Å². The SMILES string of the molecule is CC1CN(CC2CCCN2S(=O)(=O)c2ccc3[nH]c(=O)[nH]c(=O)c3c2)CC(C)O1. The molecule has 2 fully saturated rings. The predicted octanol–water partition coefficient (Wildman–Crippen LogP) is 0.479. The van der Waals surface area contributed by atoms with Crippen molar-refractivity contribution in [3.05, 3.63) is 39.0 Å². The van der Waals surface area contributed by atoms with Gasteiger partial charge in [0.2, 0.25) is 10.0 Å². The van der Waals surface area contributed by atoms with Crippen LogP contribution in [0.1, 0.15) is 26.7 Å². The lowest BCUT2D eigenvalue weighted by Gasteiger charge is -2.38. The van der Waals surface area contributed by atoms with Crippen molar-refractivity contribution in [2.45, 2.75) is 49.8 Å². The fourth-order valence-corrected chi connectivity index (χ4v) is 6.19. The molecule has 0 amide bonds. The molecule has 3 heterocycles. The van der Waals surface area contributed by atoms with Crippen LogP contribution in [0.2, 0.25) is 0 Å². The minimum atomic E-state index is -3.75. The predicted molar refractivity (Wildman–Crippen MR) is 109 cm³/mol. The third-order valence-corrected chi connectivity index (χ3v) is 7.55. The Kier molecular flexibility index (Phi) is 5.36. The monoisotopic (exact) mass is 422 g/mol. The molecule has 2 aromatic rings. The smallest absolute Gasteiger partial charge is 0.326 e. The summed E-state index contributed by atoms with van der Waals surface area (Å²) in [6.07, 6.45) is 1.86. The summed E-state index contributed by atoms with van der Waals surface area (Å²) in [5.74, 6) is 0. The molecule has 10 heteroatoms. The summed E-state index contributed by atoms with van der Waals surface area (Å²) in [5.41, 5.74) is -0.909. The molecule has 0 bridgehead atoms. The molecule has 1 aromatic carbocycles. The van der Waals surface area contributed by atoms with Crippen molar-refractivity contribution in [1.29, 1.82) is 0 Å². The number of fused-ring (bicyclic) bond motifs is 1. The van der Waals surface area contributed by atoms with Crippen molar-refractivity contribution in [2.24, 2.45) is 0 Å². The van der Waals surface area contributed by atoms with Gasteiger partial charge in [0, 0.05) is 32.2 Å². The number of hydrogen-bond donors (Lipinski definition) is 2. The van der Waals surface area contributed by atoms with Crippen molar-refractivity contribution in [3.63, 3.8) is 0 Å². The lowest BCUT2D eigenvalue weighted by atomic mass is 10.1. The van der Waals surface area contributed by atoms with Gasteiger partial charge in [0.05, 0.1) is 28.0 Å². The molecule has 0 saturated carbocycles. The highest BCUT2D eigenvalue weighted by Crippen LogP contribution is 2.28. The number of nitrogens with zero attached hydrogens (tertiary/aromatic N) is 2. The van der Waals surface area contributed by atoms with Crippen LogP contribution < -0.4 is 11.2 Å². The molecule has 3 atom stereocenters. The van der Waals surface area contributed by atoms with Crippen molar-refractivity contribution in [1.82, 2.24) is 19.2 Å². The van der Waals surface area contributed by atoms with E-state index in [1.807, 2.05) is 13.8 Å². The van der Waals surface area contributed by atoms with E-state index in [4.69, 9.17) is 4.74 Å². The quantitative estimate of drug-likeness (QED) is 0.740. The van der Waals surface area contributed by atoms with Crippen LogP contribution >= 0.6 is 0 Å². The van der Waals surface area contributed by atoms with Gasteiger partial charge in [0.1, 0.15) is 0 Å². The Balaban J connectivity index is 1.61. The number of aromatic nitrogens is 2. The molecule has 2 aliphatic rings. The minimum absolute atomic E-state index is 0.0677. The van der Waals surface area contributed by atoms with Gasteiger partial charge < -0.3 is 9.72 Å². The van der Waals surface area contributed by atoms with Gasteiger partial charge in [-0.2, -0.15) is 4.31 Å². The normalized spacial score (nSPS) is 26.9. The number of aromatic amines is 2. The van der Waals surface area contributed by atoms with Gasteiger partial charge in [0.15, 0.2) is 0 Å². The summed E-state index contributed by atoms with van der Waals surface area (Å²) in [4.78, 5) is 30.5. The highest BCUT2D eigenvalue weighted by atomic mass is 32.2. The summed E-state index contributed by atoms with van der Waals surface area (Å²) in [6.45, 7) is 6.76. The van der Waals surface area contributed by atoms with E-state index in [1.165, 1.54) is 18.2 Å². The highest BCUT2D eigenvalue weighted by molar-refractivity contribution is 7.89. The van der Waals surface area contributed by atoms with Crippen LogP contribution in [0.3, 0.4) is 0 Å². The number of ether oxygens (including phenoxy) is 1. The molecule has 4 rings (SSSR count). The van der Waals surface area contributed by atoms with E-state index in [2.05, 4.69) is 14.9 Å². The molecule has 0 aliphatic carbocycles. The Hall–Kier alpha value is -2.01. The highest BCUT2D eigenvalue weighted by Gasteiger charge is 2.37. The fourth-order valence-electron chi connectivity index (χ4n) is 4.48. The lowest BCUT2D eigenvalue weighted by Crippen LogP contribution is -2.50. The van der Waals surface area contributed by atoms with Crippen molar-refractivity contribution >= 4 is 20.9 Å². The average molecular weight is 423 g/mol. The first-order valence-corrected chi connectivity index (χ1v) is 11.3. The van der Waals surface area contributed by atoms with E-state index < -0.39 is 21.3 Å². The van der Waals surface area contributed by atoms with E-state index in [0.717, 1.165) is 25.9 Å².